The first-order valence-corrected chi connectivity index (χ1v) is 12.8. The number of anilines is 1. The van der Waals surface area contributed by atoms with E-state index in [4.69, 9.17) is 9.98 Å². The van der Waals surface area contributed by atoms with Crippen LogP contribution in [0.25, 0.3) is 10.9 Å². The number of aryl methyl sites for hydroxylation is 1. The Kier molecular flexibility index (Phi) is 6.93. The monoisotopic (exact) mass is 470 g/mol. The zero-order chi connectivity index (χ0) is 24.2. The van der Waals surface area contributed by atoms with Crippen molar-refractivity contribution in [1.29, 1.82) is 0 Å². The lowest BCUT2D eigenvalue weighted by Gasteiger charge is -2.34. The third-order valence-corrected chi connectivity index (χ3v) is 6.96. The Hall–Kier alpha value is -3.48. The number of amidine groups is 1. The average Bonchev–Trinajstić information content (AvgIpc) is 3.28. The number of carbonyl (C=O) groups excluding carboxylic acids is 1. The molecule has 2 atom stereocenters. The maximum absolute atomic E-state index is 12.8. The molecule has 1 aliphatic carbocycles. The molecule has 1 amide bonds. The molecule has 3 aromatic rings. The highest BCUT2D eigenvalue weighted by molar-refractivity contribution is 6.02. The minimum atomic E-state index is -0.223. The van der Waals surface area contributed by atoms with Crippen molar-refractivity contribution in [2.24, 2.45) is 4.99 Å². The number of rotatable bonds is 7. The maximum Gasteiger partial charge on any atom is 0.289 e. The van der Waals surface area contributed by atoms with Crippen LogP contribution in [0.4, 0.5) is 5.82 Å². The number of nitrogens with one attached hydrogen (secondary N) is 3. The van der Waals surface area contributed by atoms with E-state index in [-0.39, 0.29) is 23.8 Å². The molecule has 0 radical (unpaired) electrons. The van der Waals surface area contributed by atoms with Crippen molar-refractivity contribution >= 4 is 28.5 Å². The molecule has 2 heterocycles. The molecule has 7 heteroatoms. The van der Waals surface area contributed by atoms with Crippen LogP contribution >= 0.6 is 0 Å². The molecule has 1 fully saturated rings. The smallest absolute Gasteiger partial charge is 0.289 e. The van der Waals surface area contributed by atoms with Gasteiger partial charge in [-0.2, -0.15) is 0 Å². The van der Waals surface area contributed by atoms with Gasteiger partial charge >= 0.3 is 0 Å². The second kappa shape index (κ2) is 10.4. The first-order chi connectivity index (χ1) is 17.1. The van der Waals surface area contributed by atoms with Gasteiger partial charge in [-0.25, -0.2) is 9.97 Å². The molecule has 2 aromatic carbocycles. The van der Waals surface area contributed by atoms with Crippen LogP contribution in [0.3, 0.4) is 0 Å². The van der Waals surface area contributed by atoms with Gasteiger partial charge in [0.25, 0.3) is 5.91 Å². The molecule has 35 heavy (non-hydrogen) atoms. The van der Waals surface area contributed by atoms with Crippen LogP contribution in [0.1, 0.15) is 72.8 Å². The van der Waals surface area contributed by atoms with Gasteiger partial charge in [-0.15, -0.1) is 0 Å². The highest BCUT2D eigenvalue weighted by Crippen LogP contribution is 2.28. The van der Waals surface area contributed by atoms with E-state index in [0.717, 1.165) is 66.8 Å². The number of aliphatic imine (C=N–C) groups is 1. The van der Waals surface area contributed by atoms with E-state index in [0.29, 0.717) is 6.54 Å². The molecule has 5 rings (SSSR count). The van der Waals surface area contributed by atoms with Gasteiger partial charge in [0.05, 0.1) is 12.1 Å². The largest absolute Gasteiger partial charge is 0.365 e. The minimum Gasteiger partial charge on any atom is -0.365 e. The summed E-state index contributed by atoms with van der Waals surface area (Å²) in [5, 5.41) is 11.4. The molecule has 2 aliphatic rings. The first-order valence-electron chi connectivity index (χ1n) is 12.8. The van der Waals surface area contributed by atoms with E-state index in [1.807, 2.05) is 12.1 Å². The van der Waals surface area contributed by atoms with Crippen molar-refractivity contribution in [3.63, 3.8) is 0 Å². The predicted octanol–water partition coefficient (Wildman–Crippen LogP) is 4.74. The van der Waals surface area contributed by atoms with Crippen molar-refractivity contribution in [3.05, 3.63) is 65.0 Å². The fourth-order valence-corrected chi connectivity index (χ4v) is 5.00. The number of unbranched alkanes of at least 4 members (excludes halogenated alkanes) is 1. The number of amides is 1. The van der Waals surface area contributed by atoms with Crippen LogP contribution in [-0.4, -0.2) is 40.3 Å². The minimum absolute atomic E-state index is 0.175. The summed E-state index contributed by atoms with van der Waals surface area (Å²) in [6.45, 7) is 5.53. The molecular formula is C28H34N6O. The summed E-state index contributed by atoms with van der Waals surface area (Å²) >= 11 is 0. The molecule has 0 saturated heterocycles. The van der Waals surface area contributed by atoms with E-state index in [2.05, 4.69) is 65.1 Å². The lowest BCUT2D eigenvalue weighted by Crippen LogP contribution is -2.48. The third kappa shape index (κ3) is 5.14. The van der Waals surface area contributed by atoms with Crippen molar-refractivity contribution in [2.45, 2.75) is 71.0 Å². The highest BCUT2D eigenvalue weighted by Gasteiger charge is 2.29. The number of fused-ring (bicyclic) bond motifs is 2. The van der Waals surface area contributed by atoms with Gasteiger partial charge in [0.15, 0.2) is 0 Å². The Morgan fingerprint density at radius 3 is 2.66 bits per heavy atom. The summed E-state index contributed by atoms with van der Waals surface area (Å²) in [7, 11) is 0. The predicted molar refractivity (Wildman–Crippen MR) is 141 cm³/mol. The lowest BCUT2D eigenvalue weighted by atomic mass is 9.89. The molecule has 3 N–H and O–H groups in total. The maximum atomic E-state index is 12.8. The van der Waals surface area contributed by atoms with Crippen molar-refractivity contribution in [1.82, 2.24) is 20.6 Å². The topological polar surface area (TPSA) is 91.3 Å². The van der Waals surface area contributed by atoms with Gasteiger partial charge in [0, 0.05) is 29.6 Å². The lowest BCUT2D eigenvalue weighted by molar-refractivity contribution is 0.0943. The number of hydrogen-bond donors (Lipinski definition) is 3. The Balaban J connectivity index is 1.41. The number of hydrogen-bond acceptors (Lipinski definition) is 6. The molecule has 7 nitrogen and oxygen atoms in total. The van der Waals surface area contributed by atoms with Gasteiger partial charge in [0.1, 0.15) is 11.7 Å². The summed E-state index contributed by atoms with van der Waals surface area (Å²) in [5.41, 5.74) is 4.39. The van der Waals surface area contributed by atoms with Gasteiger partial charge in [-0.05, 0) is 43.9 Å². The van der Waals surface area contributed by atoms with Gasteiger partial charge in [-0.1, -0.05) is 62.1 Å². The fourth-order valence-electron chi connectivity index (χ4n) is 5.00. The van der Waals surface area contributed by atoms with E-state index < -0.39 is 0 Å². The number of carbonyl (C=O) groups is 1. The molecule has 182 valence electrons. The number of nitrogens with zero attached hydrogens (tertiary/aromatic N) is 3. The van der Waals surface area contributed by atoms with Crippen molar-refractivity contribution < 1.29 is 4.79 Å². The molecule has 0 bridgehead atoms. The summed E-state index contributed by atoms with van der Waals surface area (Å²) in [6, 6.07) is 14.9. The highest BCUT2D eigenvalue weighted by atomic mass is 16.2. The fraction of sp³-hybridized carbons (Fsp3) is 0.429. The third-order valence-electron chi connectivity index (χ3n) is 6.96. The van der Waals surface area contributed by atoms with E-state index >= 15 is 0 Å². The van der Waals surface area contributed by atoms with Crippen molar-refractivity contribution in [3.8, 4) is 0 Å². The molecule has 0 spiro atoms. The van der Waals surface area contributed by atoms with Gasteiger partial charge < -0.3 is 16.0 Å². The normalized spacial score (nSPS) is 19.2. The SMILES string of the molecule is CCCCNC(=O)c1nc(N[C@H]2CCCC[C@H]2NC2=NCc3ccccc32)c2cc(C)ccc2n1. The van der Waals surface area contributed by atoms with E-state index in [9.17, 15) is 4.79 Å². The Labute approximate surface area is 206 Å². The zero-order valence-corrected chi connectivity index (χ0v) is 20.6. The zero-order valence-electron chi connectivity index (χ0n) is 20.6. The summed E-state index contributed by atoms with van der Waals surface area (Å²) in [4.78, 5) is 26.9. The van der Waals surface area contributed by atoms with Crippen LogP contribution in [0.5, 0.6) is 0 Å². The van der Waals surface area contributed by atoms with Crippen LogP contribution in [0.2, 0.25) is 0 Å². The molecular weight excluding hydrogens is 436 g/mol. The van der Waals surface area contributed by atoms with E-state index in [1.165, 1.54) is 17.5 Å². The Morgan fingerprint density at radius 1 is 1.03 bits per heavy atom. The van der Waals surface area contributed by atoms with Crippen LogP contribution in [0.15, 0.2) is 47.5 Å². The Bertz CT molecular complexity index is 1250. The van der Waals surface area contributed by atoms with Crippen LogP contribution in [-0.2, 0) is 6.54 Å². The molecule has 0 unspecified atom stereocenters. The summed E-state index contributed by atoms with van der Waals surface area (Å²) in [6.07, 6.45) is 6.39. The van der Waals surface area contributed by atoms with Crippen LogP contribution < -0.4 is 16.0 Å². The summed E-state index contributed by atoms with van der Waals surface area (Å²) < 4.78 is 0. The molecule has 1 saturated carbocycles. The standard InChI is InChI=1S/C28H34N6O/c1-3-4-15-29-28(35)27-31-22-14-13-18(2)16-21(22)26(34-27)33-24-12-8-7-11-23(24)32-25-20-10-6-5-9-19(20)17-30-25/h5-6,9-10,13-14,16,23-24H,3-4,7-8,11-12,15,17H2,1-2H3,(H,29,35)(H,30,32)(H,31,33,34)/t23-,24+/m1/s1. The quantitative estimate of drug-likeness (QED) is 0.434. The van der Waals surface area contributed by atoms with E-state index in [1.54, 1.807) is 0 Å². The Morgan fingerprint density at radius 2 is 1.83 bits per heavy atom. The van der Waals surface area contributed by atoms with Crippen molar-refractivity contribution in [2.75, 3.05) is 11.9 Å². The second-order valence-electron chi connectivity index (χ2n) is 9.63. The second-order valence-corrected chi connectivity index (χ2v) is 9.63. The molecule has 1 aliphatic heterocycles. The number of benzene rings is 2. The molecule has 1 aromatic heterocycles. The van der Waals surface area contributed by atoms with Crippen LogP contribution in [0, 0.1) is 6.92 Å². The van der Waals surface area contributed by atoms with Gasteiger partial charge in [-0.3, -0.25) is 9.79 Å². The first kappa shape index (κ1) is 23.3. The average molecular weight is 471 g/mol. The summed E-state index contributed by atoms with van der Waals surface area (Å²) in [5.74, 6) is 1.71. The number of aromatic nitrogens is 2. The van der Waals surface area contributed by atoms with Gasteiger partial charge in [0.2, 0.25) is 5.82 Å².